The van der Waals surface area contributed by atoms with Crippen molar-refractivity contribution in [2.24, 2.45) is 0 Å². The third-order valence-corrected chi connectivity index (χ3v) is 0.586. The summed E-state index contributed by atoms with van der Waals surface area (Å²) in [5.41, 5.74) is 0. The van der Waals surface area contributed by atoms with E-state index >= 15 is 0 Å². The van der Waals surface area contributed by atoms with Crippen molar-refractivity contribution >= 4 is 0 Å². The van der Waals surface area contributed by atoms with Gasteiger partial charge in [0.2, 0.25) is 0 Å². The van der Waals surface area contributed by atoms with Crippen molar-refractivity contribution in [3.8, 4) is 0 Å². The van der Waals surface area contributed by atoms with E-state index in [2.05, 4.69) is 12.2 Å². The molecular weight excluding hydrogens is 144 g/mol. The zero-order valence-electron chi connectivity index (χ0n) is 6.44. The van der Waals surface area contributed by atoms with E-state index in [-0.39, 0.29) is 44.0 Å². The molecule has 1 heteroatoms. The Bertz CT molecular complexity index is 62.6. The van der Waals surface area contributed by atoms with Crippen LogP contribution < -0.4 is 0 Å². The summed E-state index contributed by atoms with van der Waals surface area (Å²) in [6.07, 6.45) is 10.0. The molecule has 50 valence electrons. The monoisotopic (exact) mass is 158 g/mol. The minimum absolute atomic E-state index is 0. The Labute approximate surface area is 74.9 Å². The van der Waals surface area contributed by atoms with Crippen molar-refractivity contribution in [3.63, 3.8) is 0 Å². The Morgan fingerprint density at radius 3 is 1.78 bits per heavy atom. The van der Waals surface area contributed by atoms with Crippen molar-refractivity contribution < 1.29 is 21.7 Å². The maximum Gasteiger partial charge on any atom is 4.00 e. The number of hydrogen-bond acceptors (Lipinski definition) is 0. The van der Waals surface area contributed by atoms with E-state index < -0.39 is 0 Å². The molecule has 0 aromatic heterocycles. The molecular formula is C8H14Ti. The standard InChI is InChI=1S/C5H5.3CH3.Ti/c1-2-4-5-3-1;;;;/h1-3H,4H2;3*1H3;/q4*-1;+4. The minimum atomic E-state index is 0. The predicted molar refractivity (Wildman–Crippen MR) is 40.8 cm³/mol. The van der Waals surface area contributed by atoms with Gasteiger partial charge in [-0.15, -0.1) is 6.42 Å². The molecule has 1 rings (SSSR count). The van der Waals surface area contributed by atoms with Gasteiger partial charge in [-0.3, -0.25) is 6.08 Å². The zero-order valence-corrected chi connectivity index (χ0v) is 8.00. The van der Waals surface area contributed by atoms with Gasteiger partial charge < -0.3 is 22.3 Å². The van der Waals surface area contributed by atoms with E-state index in [1.165, 1.54) is 0 Å². The summed E-state index contributed by atoms with van der Waals surface area (Å²) in [6, 6.07) is 0. The SMILES string of the molecule is [C-]1=CC=CC1.[CH3-].[CH3-].[CH3-].[Ti+4]. The molecule has 0 fully saturated rings. The molecule has 0 amide bonds. The van der Waals surface area contributed by atoms with Crippen LogP contribution in [0.4, 0.5) is 0 Å². The van der Waals surface area contributed by atoms with Gasteiger partial charge in [0.05, 0.1) is 0 Å². The average molecular weight is 158 g/mol. The first kappa shape index (κ1) is 22.9. The van der Waals surface area contributed by atoms with Crippen molar-refractivity contribution in [1.29, 1.82) is 0 Å². The number of rotatable bonds is 0. The second-order valence-electron chi connectivity index (χ2n) is 1.00. The first-order valence-electron chi connectivity index (χ1n) is 1.72. The molecule has 0 atom stereocenters. The molecule has 0 saturated heterocycles. The largest absolute Gasteiger partial charge is 4.00 e. The second-order valence-corrected chi connectivity index (χ2v) is 1.00. The smallest absolute Gasteiger partial charge is 0.358 e. The van der Waals surface area contributed by atoms with E-state index in [1.807, 2.05) is 12.2 Å². The fourth-order valence-electron chi connectivity index (χ4n) is 0.340. The molecule has 0 aliphatic heterocycles. The van der Waals surface area contributed by atoms with E-state index in [1.54, 1.807) is 0 Å². The summed E-state index contributed by atoms with van der Waals surface area (Å²) in [5.74, 6) is 0. The van der Waals surface area contributed by atoms with E-state index in [9.17, 15) is 0 Å². The third kappa shape index (κ3) is 11.7. The molecule has 0 radical (unpaired) electrons. The fourth-order valence-corrected chi connectivity index (χ4v) is 0.340. The first-order valence-corrected chi connectivity index (χ1v) is 1.72. The van der Waals surface area contributed by atoms with Crippen LogP contribution in [0, 0.1) is 28.4 Å². The third-order valence-electron chi connectivity index (χ3n) is 0.586. The summed E-state index contributed by atoms with van der Waals surface area (Å²) in [5, 5.41) is 0. The Balaban J connectivity index is -0.0000000312. The van der Waals surface area contributed by atoms with Crippen molar-refractivity contribution in [3.05, 3.63) is 46.6 Å². The van der Waals surface area contributed by atoms with Crippen LogP contribution in [-0.4, -0.2) is 0 Å². The molecule has 0 N–H and O–H groups in total. The first-order chi connectivity index (χ1) is 2.50. The van der Waals surface area contributed by atoms with Crippen LogP contribution in [0.5, 0.6) is 0 Å². The molecule has 0 heterocycles. The Hall–Kier alpha value is 0.194. The fraction of sp³-hybridized carbons (Fsp3) is 0.125. The molecule has 1 aliphatic rings. The average Bonchev–Trinajstić information content (AvgIpc) is 1.76. The van der Waals surface area contributed by atoms with Crippen molar-refractivity contribution in [2.75, 3.05) is 0 Å². The maximum atomic E-state index is 2.99. The Morgan fingerprint density at radius 2 is 1.67 bits per heavy atom. The van der Waals surface area contributed by atoms with Gasteiger partial charge in [-0.25, -0.2) is 12.2 Å². The molecule has 0 nitrogen and oxygen atoms in total. The van der Waals surface area contributed by atoms with Crippen LogP contribution >= 0.6 is 0 Å². The van der Waals surface area contributed by atoms with E-state index in [0.717, 1.165) is 6.42 Å². The van der Waals surface area contributed by atoms with Crippen LogP contribution in [-0.2, 0) is 21.7 Å². The Kier molecular flexibility index (Phi) is 40.0. The van der Waals surface area contributed by atoms with Crippen molar-refractivity contribution in [1.82, 2.24) is 0 Å². The number of allylic oxidation sites excluding steroid dienone is 4. The molecule has 1 aliphatic carbocycles. The van der Waals surface area contributed by atoms with Gasteiger partial charge in [0.25, 0.3) is 0 Å². The van der Waals surface area contributed by atoms with E-state index in [0.29, 0.717) is 0 Å². The topological polar surface area (TPSA) is 0 Å². The molecule has 9 heavy (non-hydrogen) atoms. The van der Waals surface area contributed by atoms with Gasteiger partial charge in [-0.05, 0) is 0 Å². The molecule has 0 bridgehead atoms. The normalized spacial score (nSPS) is 9.78. The van der Waals surface area contributed by atoms with E-state index in [4.69, 9.17) is 0 Å². The van der Waals surface area contributed by atoms with Crippen LogP contribution in [0.2, 0.25) is 0 Å². The van der Waals surface area contributed by atoms with Gasteiger partial charge in [0.15, 0.2) is 0 Å². The molecule has 0 unspecified atom stereocenters. The summed E-state index contributed by atoms with van der Waals surface area (Å²) in [4.78, 5) is 0. The maximum absolute atomic E-state index is 2.99. The summed E-state index contributed by atoms with van der Waals surface area (Å²) >= 11 is 0. The van der Waals surface area contributed by atoms with Crippen LogP contribution in [0.3, 0.4) is 0 Å². The molecule has 0 aromatic carbocycles. The quantitative estimate of drug-likeness (QED) is 0.375. The molecule has 0 spiro atoms. The Morgan fingerprint density at radius 1 is 1.11 bits per heavy atom. The summed E-state index contributed by atoms with van der Waals surface area (Å²) in [6.45, 7) is 0. The zero-order chi connectivity index (χ0) is 3.54. The van der Waals surface area contributed by atoms with Gasteiger partial charge in [-0.1, -0.05) is 0 Å². The molecule has 0 saturated carbocycles. The second kappa shape index (κ2) is 15.7. The summed E-state index contributed by atoms with van der Waals surface area (Å²) < 4.78 is 0. The minimum Gasteiger partial charge on any atom is -0.358 e. The van der Waals surface area contributed by atoms with Crippen LogP contribution in [0.1, 0.15) is 6.42 Å². The van der Waals surface area contributed by atoms with Crippen LogP contribution in [0.25, 0.3) is 0 Å². The van der Waals surface area contributed by atoms with Gasteiger partial charge >= 0.3 is 21.7 Å². The van der Waals surface area contributed by atoms with Crippen LogP contribution in [0.15, 0.2) is 18.2 Å². The number of hydrogen-bond donors (Lipinski definition) is 0. The van der Waals surface area contributed by atoms with Crippen molar-refractivity contribution in [2.45, 2.75) is 6.42 Å². The van der Waals surface area contributed by atoms with Gasteiger partial charge in [0.1, 0.15) is 0 Å². The van der Waals surface area contributed by atoms with Gasteiger partial charge in [-0.2, -0.15) is 6.08 Å². The molecule has 0 aromatic rings. The predicted octanol–water partition coefficient (Wildman–Crippen LogP) is 2.65. The van der Waals surface area contributed by atoms with Gasteiger partial charge in [0, 0.05) is 0 Å². The summed E-state index contributed by atoms with van der Waals surface area (Å²) in [7, 11) is 0.